The number of aromatic nitrogens is 1. The summed E-state index contributed by atoms with van der Waals surface area (Å²) in [5, 5.41) is 8.98. The summed E-state index contributed by atoms with van der Waals surface area (Å²) in [7, 11) is 0. The first-order chi connectivity index (χ1) is 9.24. The van der Waals surface area contributed by atoms with E-state index >= 15 is 0 Å². The average molecular weight is 270 g/mol. The summed E-state index contributed by atoms with van der Waals surface area (Å²) >= 11 is 1.56. The van der Waals surface area contributed by atoms with Gasteiger partial charge in [-0.2, -0.15) is 4.57 Å². The molecule has 0 saturated carbocycles. The first-order valence-electron chi connectivity index (χ1n) is 5.92. The van der Waals surface area contributed by atoms with Gasteiger partial charge in [0, 0.05) is 11.6 Å². The van der Waals surface area contributed by atoms with Gasteiger partial charge in [-0.25, -0.2) is 4.79 Å². The first-order valence-corrected chi connectivity index (χ1v) is 6.80. The molecule has 3 aromatic rings. The Balaban J connectivity index is 1.99. The number of carboxylic acids is 1. The number of thiazole rings is 1. The van der Waals surface area contributed by atoms with Gasteiger partial charge in [0.05, 0.1) is 5.56 Å². The van der Waals surface area contributed by atoms with Crippen LogP contribution in [0.1, 0.15) is 15.9 Å². The Labute approximate surface area is 114 Å². The number of rotatable bonds is 3. The van der Waals surface area contributed by atoms with Crippen LogP contribution in [0.15, 0.2) is 54.0 Å². The van der Waals surface area contributed by atoms with E-state index in [9.17, 15) is 4.79 Å². The standard InChI is InChI=1S/C15H11NO2S/c17-15(18)12-6-7-13-14(8-12)19-10-16(13)9-11-4-2-1-3-5-11/h1-8,10H,9H2/p+1. The van der Waals surface area contributed by atoms with E-state index in [1.807, 2.05) is 29.8 Å². The topological polar surface area (TPSA) is 41.2 Å². The lowest BCUT2D eigenvalue weighted by atomic mass is 10.2. The highest BCUT2D eigenvalue weighted by Crippen LogP contribution is 2.18. The third-order valence-electron chi connectivity index (χ3n) is 3.02. The minimum absolute atomic E-state index is 0.334. The van der Waals surface area contributed by atoms with Gasteiger partial charge in [-0.1, -0.05) is 41.7 Å². The summed E-state index contributed by atoms with van der Waals surface area (Å²) in [6.45, 7) is 0.799. The molecule has 1 aromatic heterocycles. The number of carboxylic acid groups (broad SMARTS) is 1. The first kappa shape index (κ1) is 11.9. The Morgan fingerprint density at radius 3 is 2.68 bits per heavy atom. The molecule has 4 heteroatoms. The van der Waals surface area contributed by atoms with E-state index in [1.165, 1.54) is 5.56 Å². The maximum Gasteiger partial charge on any atom is 0.335 e. The molecule has 2 aromatic carbocycles. The maximum atomic E-state index is 10.9. The molecular formula is C15H12NO2S+. The van der Waals surface area contributed by atoms with E-state index in [2.05, 4.69) is 16.7 Å². The molecule has 0 radical (unpaired) electrons. The van der Waals surface area contributed by atoms with E-state index in [0.29, 0.717) is 5.56 Å². The van der Waals surface area contributed by atoms with Gasteiger partial charge >= 0.3 is 5.97 Å². The van der Waals surface area contributed by atoms with Gasteiger partial charge in [-0.05, 0) is 12.1 Å². The van der Waals surface area contributed by atoms with E-state index in [4.69, 9.17) is 5.11 Å². The molecule has 0 unspecified atom stereocenters. The SMILES string of the molecule is O=C(O)c1ccc2c(c1)sc[n+]2Cc1ccccc1. The Bertz CT molecular complexity index is 734. The summed E-state index contributed by atoms with van der Waals surface area (Å²) in [6, 6.07) is 15.5. The van der Waals surface area contributed by atoms with Crippen molar-refractivity contribution in [3.05, 3.63) is 65.2 Å². The second-order valence-electron chi connectivity index (χ2n) is 4.32. The van der Waals surface area contributed by atoms with Crippen LogP contribution in [0.25, 0.3) is 10.2 Å². The van der Waals surface area contributed by atoms with Crippen molar-refractivity contribution in [3.8, 4) is 0 Å². The number of hydrogen-bond acceptors (Lipinski definition) is 2. The zero-order chi connectivity index (χ0) is 13.2. The van der Waals surface area contributed by atoms with Gasteiger partial charge in [0.2, 0.25) is 11.0 Å². The van der Waals surface area contributed by atoms with Crippen LogP contribution in [0.2, 0.25) is 0 Å². The molecular weight excluding hydrogens is 258 g/mol. The van der Waals surface area contributed by atoms with Crippen molar-refractivity contribution in [1.29, 1.82) is 0 Å². The fraction of sp³-hybridized carbons (Fsp3) is 0.0667. The number of nitrogens with zero attached hydrogens (tertiary/aromatic N) is 1. The molecule has 0 atom stereocenters. The summed E-state index contributed by atoms with van der Waals surface area (Å²) in [4.78, 5) is 10.9. The zero-order valence-electron chi connectivity index (χ0n) is 10.1. The van der Waals surface area contributed by atoms with Gasteiger partial charge in [-0.15, -0.1) is 0 Å². The lowest BCUT2D eigenvalue weighted by Gasteiger charge is -1.96. The van der Waals surface area contributed by atoms with Gasteiger partial charge in [0.15, 0.2) is 6.54 Å². The van der Waals surface area contributed by atoms with Crippen molar-refractivity contribution in [2.75, 3.05) is 0 Å². The molecule has 0 saturated heterocycles. The van der Waals surface area contributed by atoms with Crippen molar-refractivity contribution < 1.29 is 14.5 Å². The smallest absolute Gasteiger partial charge is 0.335 e. The molecule has 0 fully saturated rings. The Morgan fingerprint density at radius 2 is 1.95 bits per heavy atom. The van der Waals surface area contributed by atoms with Crippen molar-refractivity contribution in [2.24, 2.45) is 0 Å². The summed E-state index contributed by atoms with van der Waals surface area (Å²) in [5.41, 5.74) is 4.66. The van der Waals surface area contributed by atoms with E-state index in [0.717, 1.165) is 16.8 Å². The fourth-order valence-corrected chi connectivity index (χ4v) is 2.99. The summed E-state index contributed by atoms with van der Waals surface area (Å²) in [6.07, 6.45) is 0. The molecule has 3 rings (SSSR count). The van der Waals surface area contributed by atoms with Crippen molar-refractivity contribution >= 4 is 27.5 Å². The number of fused-ring (bicyclic) bond motifs is 1. The highest BCUT2D eigenvalue weighted by molar-refractivity contribution is 7.16. The Kier molecular flexibility index (Phi) is 3.01. The number of carbonyl (C=O) groups is 1. The molecule has 94 valence electrons. The third-order valence-corrected chi connectivity index (χ3v) is 3.96. The lowest BCUT2D eigenvalue weighted by molar-refractivity contribution is -0.658. The number of hydrogen-bond donors (Lipinski definition) is 1. The highest BCUT2D eigenvalue weighted by Gasteiger charge is 2.14. The lowest BCUT2D eigenvalue weighted by Crippen LogP contribution is -2.31. The average Bonchev–Trinajstić information content (AvgIpc) is 2.82. The van der Waals surface area contributed by atoms with Crippen LogP contribution in [0.3, 0.4) is 0 Å². The second kappa shape index (κ2) is 4.82. The van der Waals surface area contributed by atoms with Crippen molar-refractivity contribution in [3.63, 3.8) is 0 Å². The summed E-state index contributed by atoms with van der Waals surface area (Å²) in [5.74, 6) is -0.884. The van der Waals surface area contributed by atoms with Crippen LogP contribution < -0.4 is 4.57 Å². The van der Waals surface area contributed by atoms with Crippen LogP contribution >= 0.6 is 11.3 Å². The van der Waals surface area contributed by atoms with Crippen LogP contribution in [-0.2, 0) is 6.54 Å². The van der Waals surface area contributed by atoms with Crippen LogP contribution in [0, 0.1) is 0 Å². The third kappa shape index (κ3) is 2.35. The van der Waals surface area contributed by atoms with Gasteiger partial charge in [0.1, 0.15) is 4.70 Å². The molecule has 1 heterocycles. The van der Waals surface area contributed by atoms with Gasteiger partial charge in [-0.3, -0.25) is 0 Å². The Hall–Kier alpha value is -2.20. The normalized spacial score (nSPS) is 10.7. The minimum atomic E-state index is -0.884. The molecule has 0 amide bonds. The van der Waals surface area contributed by atoms with Gasteiger partial charge < -0.3 is 5.11 Å². The van der Waals surface area contributed by atoms with Crippen molar-refractivity contribution in [1.82, 2.24) is 0 Å². The van der Waals surface area contributed by atoms with Crippen LogP contribution in [0.4, 0.5) is 0 Å². The van der Waals surface area contributed by atoms with E-state index < -0.39 is 5.97 Å². The molecule has 19 heavy (non-hydrogen) atoms. The number of aromatic carboxylic acids is 1. The van der Waals surface area contributed by atoms with Crippen molar-refractivity contribution in [2.45, 2.75) is 6.54 Å². The molecule has 0 bridgehead atoms. The molecule has 0 aliphatic carbocycles. The molecule has 0 aliphatic rings. The van der Waals surface area contributed by atoms with Crippen LogP contribution in [0.5, 0.6) is 0 Å². The molecule has 3 nitrogen and oxygen atoms in total. The highest BCUT2D eigenvalue weighted by atomic mass is 32.1. The number of benzene rings is 2. The predicted molar refractivity (Wildman–Crippen MR) is 74.5 cm³/mol. The monoisotopic (exact) mass is 270 g/mol. The van der Waals surface area contributed by atoms with Gasteiger partial charge in [0.25, 0.3) is 0 Å². The molecule has 0 spiro atoms. The fourth-order valence-electron chi connectivity index (χ4n) is 2.06. The Morgan fingerprint density at radius 1 is 1.16 bits per heavy atom. The van der Waals surface area contributed by atoms with E-state index in [1.54, 1.807) is 23.5 Å². The molecule has 1 N–H and O–H groups in total. The van der Waals surface area contributed by atoms with E-state index in [-0.39, 0.29) is 0 Å². The zero-order valence-corrected chi connectivity index (χ0v) is 10.9. The second-order valence-corrected chi connectivity index (χ2v) is 5.21. The maximum absolute atomic E-state index is 10.9. The predicted octanol–water partition coefficient (Wildman–Crippen LogP) is 2.94. The van der Waals surface area contributed by atoms with Crippen LogP contribution in [-0.4, -0.2) is 11.1 Å². The largest absolute Gasteiger partial charge is 0.478 e. The quantitative estimate of drug-likeness (QED) is 0.743. The minimum Gasteiger partial charge on any atom is -0.478 e. The summed E-state index contributed by atoms with van der Waals surface area (Å²) < 4.78 is 3.14. The molecule has 0 aliphatic heterocycles.